The van der Waals surface area contributed by atoms with E-state index in [0.717, 1.165) is 51.7 Å². The Balaban J connectivity index is 1.65. The van der Waals surface area contributed by atoms with E-state index in [0.29, 0.717) is 0 Å². The Morgan fingerprint density at radius 3 is 2.32 bits per heavy atom. The van der Waals surface area contributed by atoms with Gasteiger partial charge in [-0.1, -0.05) is 12.2 Å². The molecule has 0 saturated carbocycles. The van der Waals surface area contributed by atoms with Crippen molar-refractivity contribution >= 4 is 0 Å². The van der Waals surface area contributed by atoms with Crippen molar-refractivity contribution in [3.05, 3.63) is 25.3 Å². The molecule has 6 atom stereocenters. The summed E-state index contributed by atoms with van der Waals surface area (Å²) < 4.78 is 24.3. The first kappa shape index (κ1) is 16.2. The molecule has 0 radical (unpaired) electrons. The quantitative estimate of drug-likeness (QED) is 0.748. The summed E-state index contributed by atoms with van der Waals surface area (Å²) in [6.45, 7) is 9.46. The van der Waals surface area contributed by atoms with Crippen LogP contribution in [-0.2, 0) is 18.9 Å². The minimum Gasteiger partial charge on any atom is -0.376 e. The molecule has 0 bridgehead atoms. The van der Waals surface area contributed by atoms with Crippen LogP contribution in [-0.4, -0.2) is 49.8 Å². The molecule has 0 aliphatic carbocycles. The van der Waals surface area contributed by atoms with E-state index in [-0.39, 0.29) is 36.6 Å². The summed E-state index contributed by atoms with van der Waals surface area (Å²) in [5.74, 6) is 0. The number of ether oxygens (including phenoxy) is 4. The van der Waals surface area contributed by atoms with Gasteiger partial charge in [0.05, 0.1) is 24.4 Å². The van der Waals surface area contributed by atoms with Crippen LogP contribution in [0.4, 0.5) is 0 Å². The first-order valence-corrected chi connectivity index (χ1v) is 8.61. The predicted molar refractivity (Wildman–Crippen MR) is 84.9 cm³/mol. The lowest BCUT2D eigenvalue weighted by Gasteiger charge is -2.35. The summed E-state index contributed by atoms with van der Waals surface area (Å²) in [5.41, 5.74) is 0. The largest absolute Gasteiger partial charge is 0.376 e. The normalized spacial score (nSPS) is 42.9. The molecule has 0 amide bonds. The van der Waals surface area contributed by atoms with Gasteiger partial charge in [0, 0.05) is 13.2 Å². The molecule has 3 saturated heterocycles. The first-order valence-electron chi connectivity index (χ1n) is 8.61. The lowest BCUT2D eigenvalue weighted by Crippen LogP contribution is -2.42. The van der Waals surface area contributed by atoms with Crippen LogP contribution in [0.5, 0.6) is 0 Å². The molecule has 3 aliphatic heterocycles. The number of hydrogen-bond acceptors (Lipinski definition) is 4. The van der Waals surface area contributed by atoms with E-state index in [1.165, 1.54) is 0 Å². The fourth-order valence-corrected chi connectivity index (χ4v) is 3.74. The van der Waals surface area contributed by atoms with Crippen LogP contribution in [0.25, 0.3) is 0 Å². The van der Waals surface area contributed by atoms with E-state index >= 15 is 0 Å². The number of rotatable bonds is 4. The first-order chi connectivity index (χ1) is 10.8. The lowest BCUT2D eigenvalue weighted by atomic mass is 10.00. The van der Waals surface area contributed by atoms with Crippen LogP contribution in [0.2, 0.25) is 0 Å². The third kappa shape index (κ3) is 3.62. The van der Waals surface area contributed by atoms with Crippen molar-refractivity contribution in [3.8, 4) is 0 Å². The van der Waals surface area contributed by atoms with Crippen LogP contribution in [0, 0.1) is 0 Å². The fourth-order valence-electron chi connectivity index (χ4n) is 3.74. The molecule has 3 rings (SSSR count). The van der Waals surface area contributed by atoms with E-state index in [1.54, 1.807) is 0 Å². The summed E-state index contributed by atoms with van der Waals surface area (Å²) in [6.07, 6.45) is 10.3. The minimum absolute atomic E-state index is 0.0130. The summed E-state index contributed by atoms with van der Waals surface area (Å²) in [7, 11) is 0. The third-order valence-corrected chi connectivity index (χ3v) is 4.94. The van der Waals surface area contributed by atoms with E-state index in [9.17, 15) is 0 Å². The highest BCUT2D eigenvalue weighted by Crippen LogP contribution is 2.31. The molecular formula is C18H28O4. The van der Waals surface area contributed by atoms with Crippen molar-refractivity contribution < 1.29 is 18.9 Å². The van der Waals surface area contributed by atoms with Crippen LogP contribution in [0.1, 0.15) is 38.5 Å². The summed E-state index contributed by atoms with van der Waals surface area (Å²) in [5, 5.41) is 0. The smallest absolute Gasteiger partial charge is 0.102 e. The summed E-state index contributed by atoms with van der Waals surface area (Å²) in [4.78, 5) is 0. The van der Waals surface area contributed by atoms with Crippen molar-refractivity contribution in [2.45, 2.75) is 75.1 Å². The van der Waals surface area contributed by atoms with Crippen molar-refractivity contribution in [2.24, 2.45) is 0 Å². The second kappa shape index (κ2) is 7.73. The van der Waals surface area contributed by atoms with E-state index in [2.05, 4.69) is 13.2 Å². The molecule has 0 spiro atoms. The molecule has 0 aromatic heterocycles. The minimum atomic E-state index is -0.0657. The average molecular weight is 308 g/mol. The molecule has 0 aromatic rings. The van der Waals surface area contributed by atoms with Gasteiger partial charge in [0.1, 0.15) is 12.2 Å². The molecule has 22 heavy (non-hydrogen) atoms. The second-order valence-corrected chi connectivity index (χ2v) is 6.43. The molecule has 3 heterocycles. The van der Waals surface area contributed by atoms with Crippen LogP contribution in [0.3, 0.4) is 0 Å². The van der Waals surface area contributed by atoms with Crippen molar-refractivity contribution in [1.29, 1.82) is 0 Å². The van der Waals surface area contributed by atoms with Gasteiger partial charge < -0.3 is 18.9 Å². The Hall–Kier alpha value is -0.680. The predicted octanol–water partition coefficient (Wildman–Crippen LogP) is 3.02. The zero-order valence-electron chi connectivity index (χ0n) is 13.3. The lowest BCUT2D eigenvalue weighted by molar-refractivity contribution is -0.157. The van der Waals surface area contributed by atoms with Gasteiger partial charge in [-0.2, -0.15) is 0 Å². The molecular weight excluding hydrogens is 280 g/mol. The summed E-state index contributed by atoms with van der Waals surface area (Å²) >= 11 is 0. The zero-order chi connectivity index (χ0) is 15.4. The Kier molecular flexibility index (Phi) is 5.69. The Labute approximate surface area is 133 Å². The van der Waals surface area contributed by atoms with Crippen LogP contribution >= 0.6 is 0 Å². The topological polar surface area (TPSA) is 36.9 Å². The second-order valence-electron chi connectivity index (χ2n) is 6.43. The van der Waals surface area contributed by atoms with Crippen molar-refractivity contribution in [2.75, 3.05) is 13.2 Å². The standard InChI is InChI=1S/C18H28O4/c1-3-13-16(7-5-11-19-13)22-18-10-9-15-17(8-6-12-20-15)21-14(18)4-2/h3-4,13-18H,1-2,5-12H2/t13-,14+,15+,16+,17-,18+/m0/s1. The Bertz CT molecular complexity index is 383. The van der Waals surface area contributed by atoms with Gasteiger partial charge in [-0.3, -0.25) is 0 Å². The van der Waals surface area contributed by atoms with Crippen LogP contribution < -0.4 is 0 Å². The summed E-state index contributed by atoms with van der Waals surface area (Å²) in [6, 6.07) is 0. The zero-order valence-corrected chi connectivity index (χ0v) is 13.3. The maximum absolute atomic E-state index is 6.38. The highest BCUT2D eigenvalue weighted by molar-refractivity contribution is 4.96. The molecule has 124 valence electrons. The Morgan fingerprint density at radius 2 is 1.50 bits per heavy atom. The number of hydrogen-bond donors (Lipinski definition) is 0. The molecule has 4 nitrogen and oxygen atoms in total. The fraction of sp³-hybridized carbons (Fsp3) is 0.778. The van der Waals surface area contributed by atoms with E-state index < -0.39 is 0 Å². The molecule has 0 aromatic carbocycles. The van der Waals surface area contributed by atoms with Gasteiger partial charge in [0.15, 0.2) is 0 Å². The number of fused-ring (bicyclic) bond motifs is 1. The van der Waals surface area contributed by atoms with Gasteiger partial charge in [-0.25, -0.2) is 0 Å². The molecule has 0 N–H and O–H groups in total. The molecule has 0 unspecified atom stereocenters. The van der Waals surface area contributed by atoms with Gasteiger partial charge in [-0.05, 0) is 38.5 Å². The van der Waals surface area contributed by atoms with E-state index in [1.807, 2.05) is 12.2 Å². The maximum Gasteiger partial charge on any atom is 0.102 e. The SMILES string of the molecule is C=C[C@@H]1OCCC[C@H]1O[C@@H]1CC[C@H]2OCCC[C@@H]2O[C@@H]1C=C. The highest BCUT2D eigenvalue weighted by atomic mass is 16.6. The third-order valence-electron chi connectivity index (χ3n) is 4.94. The van der Waals surface area contributed by atoms with Gasteiger partial charge in [0.25, 0.3) is 0 Å². The van der Waals surface area contributed by atoms with Gasteiger partial charge in [-0.15, -0.1) is 13.2 Å². The molecule has 4 heteroatoms. The maximum atomic E-state index is 6.38. The monoisotopic (exact) mass is 308 g/mol. The van der Waals surface area contributed by atoms with Crippen molar-refractivity contribution in [1.82, 2.24) is 0 Å². The van der Waals surface area contributed by atoms with Crippen LogP contribution in [0.15, 0.2) is 25.3 Å². The van der Waals surface area contributed by atoms with E-state index in [4.69, 9.17) is 18.9 Å². The average Bonchev–Trinajstić information content (AvgIpc) is 2.75. The van der Waals surface area contributed by atoms with Gasteiger partial charge in [0.2, 0.25) is 0 Å². The van der Waals surface area contributed by atoms with Gasteiger partial charge >= 0.3 is 0 Å². The van der Waals surface area contributed by atoms with Crippen molar-refractivity contribution in [3.63, 3.8) is 0 Å². The Morgan fingerprint density at radius 1 is 0.773 bits per heavy atom. The molecule has 3 fully saturated rings. The molecule has 3 aliphatic rings. The highest BCUT2D eigenvalue weighted by Gasteiger charge is 2.38.